The molecule has 2 heterocycles. The molecule has 6 heteroatoms. The molecule has 3 atom stereocenters. The van der Waals surface area contributed by atoms with Gasteiger partial charge in [-0.15, -0.1) is 0 Å². The molecule has 1 fully saturated rings. The number of carbonyl (C=O) groups excluding carboxylic acids is 1. The highest BCUT2D eigenvalue weighted by Gasteiger charge is 2.35. The van der Waals surface area contributed by atoms with Crippen molar-refractivity contribution in [3.05, 3.63) is 47.7 Å². The summed E-state index contributed by atoms with van der Waals surface area (Å²) >= 11 is 0. The largest absolute Gasteiger partial charge is 0.372 e. The Labute approximate surface area is 160 Å². The van der Waals surface area contributed by atoms with Crippen LogP contribution in [-0.4, -0.2) is 35.8 Å². The summed E-state index contributed by atoms with van der Waals surface area (Å²) in [5.41, 5.74) is 5.15. The molecule has 1 amide bonds. The van der Waals surface area contributed by atoms with Crippen LogP contribution >= 0.6 is 0 Å². The Balaban J connectivity index is 1.39. The van der Waals surface area contributed by atoms with Crippen molar-refractivity contribution in [1.82, 2.24) is 15.8 Å². The lowest BCUT2D eigenvalue weighted by atomic mass is 9.71. The fourth-order valence-electron chi connectivity index (χ4n) is 4.49. The number of nitrogens with zero attached hydrogens (tertiary/aromatic N) is 2. The molecule has 1 aromatic carbocycles. The lowest BCUT2D eigenvalue weighted by Crippen LogP contribution is -2.53. The van der Waals surface area contributed by atoms with E-state index >= 15 is 0 Å². The van der Waals surface area contributed by atoms with Crippen molar-refractivity contribution in [2.24, 2.45) is 16.3 Å². The van der Waals surface area contributed by atoms with Gasteiger partial charge in [0.25, 0.3) is 5.91 Å². The molecule has 3 aliphatic rings. The first-order chi connectivity index (χ1) is 12.9. The minimum atomic E-state index is -0.432. The molecule has 2 aliphatic heterocycles. The van der Waals surface area contributed by atoms with Crippen LogP contribution < -0.4 is 10.7 Å². The first-order valence-corrected chi connectivity index (χ1v) is 9.71. The lowest BCUT2D eigenvalue weighted by molar-refractivity contribution is -0.131. The van der Waals surface area contributed by atoms with E-state index < -0.39 is 6.29 Å². The van der Waals surface area contributed by atoms with Crippen molar-refractivity contribution >= 4 is 11.7 Å². The second-order valence-corrected chi connectivity index (χ2v) is 8.70. The van der Waals surface area contributed by atoms with Crippen LogP contribution in [0.1, 0.15) is 45.6 Å². The van der Waals surface area contributed by atoms with Crippen LogP contribution in [0.4, 0.5) is 0 Å². The highest BCUT2D eigenvalue weighted by Crippen LogP contribution is 2.39. The molecule has 27 heavy (non-hydrogen) atoms. The van der Waals surface area contributed by atoms with Gasteiger partial charge in [0.15, 0.2) is 5.84 Å². The smallest absolute Gasteiger partial charge is 0.270 e. The summed E-state index contributed by atoms with van der Waals surface area (Å²) in [4.78, 5) is 17.1. The minimum absolute atomic E-state index is 0.107. The van der Waals surface area contributed by atoms with Crippen molar-refractivity contribution in [2.75, 3.05) is 6.61 Å². The highest BCUT2D eigenvalue weighted by molar-refractivity contribution is 6.02. The van der Waals surface area contributed by atoms with E-state index in [0.717, 1.165) is 24.1 Å². The Bertz CT molecular complexity index is 772. The summed E-state index contributed by atoms with van der Waals surface area (Å²) in [5.74, 6) is 1.26. The average Bonchev–Trinajstić information content (AvgIpc) is 3.04. The van der Waals surface area contributed by atoms with Crippen LogP contribution in [0.15, 0.2) is 47.1 Å². The third-order valence-electron chi connectivity index (χ3n) is 5.44. The molecule has 0 bridgehead atoms. The second-order valence-electron chi connectivity index (χ2n) is 8.70. The molecule has 0 radical (unpaired) electrons. The molecule has 0 aromatic heterocycles. The van der Waals surface area contributed by atoms with Crippen LogP contribution in [0.5, 0.6) is 0 Å². The molecule has 1 saturated carbocycles. The summed E-state index contributed by atoms with van der Waals surface area (Å²) in [5, 5.41) is 4.82. The number of fused-ring (bicyclic) bond motifs is 1. The molecule has 2 N–H and O–H groups in total. The number of hydrogen-bond acceptors (Lipinski definition) is 5. The van der Waals surface area contributed by atoms with Crippen molar-refractivity contribution in [3.63, 3.8) is 0 Å². The van der Waals surface area contributed by atoms with Gasteiger partial charge in [-0.05, 0) is 30.6 Å². The maximum absolute atomic E-state index is 12.5. The van der Waals surface area contributed by atoms with Crippen molar-refractivity contribution in [1.29, 1.82) is 0 Å². The van der Waals surface area contributed by atoms with Crippen molar-refractivity contribution in [3.8, 4) is 0 Å². The maximum atomic E-state index is 12.5. The number of rotatable bonds is 4. The Morgan fingerprint density at radius 1 is 1.26 bits per heavy atom. The van der Waals surface area contributed by atoms with Gasteiger partial charge in [-0.2, -0.15) is 0 Å². The Hall–Kier alpha value is -2.34. The average molecular weight is 368 g/mol. The minimum Gasteiger partial charge on any atom is -0.372 e. The Kier molecular flexibility index (Phi) is 4.68. The van der Waals surface area contributed by atoms with Crippen LogP contribution in [-0.2, 0) is 9.53 Å². The van der Waals surface area contributed by atoms with E-state index in [1.165, 1.54) is 11.4 Å². The van der Waals surface area contributed by atoms with Crippen molar-refractivity contribution in [2.45, 2.75) is 52.4 Å². The van der Waals surface area contributed by atoms with Gasteiger partial charge >= 0.3 is 0 Å². The summed E-state index contributed by atoms with van der Waals surface area (Å²) in [6, 6.07) is 9.81. The standard InChI is InChI=1S/C21H28N4O2/c1-14-9-17(12-21(2,3)11-14)27-13-16-10-18(26)25-20(22-16)23-19(24-25)15-7-5-4-6-8-15/h4-8,10,14,17,20,22H,9,11-13H2,1-3H3,(H,23,24)/t14-,17+,20?/m1/s1. The summed E-state index contributed by atoms with van der Waals surface area (Å²) in [6.07, 6.45) is 4.79. The number of hydrazine groups is 1. The lowest BCUT2D eigenvalue weighted by Gasteiger charge is -2.39. The molecule has 0 spiro atoms. The third-order valence-corrected chi connectivity index (χ3v) is 5.44. The predicted molar refractivity (Wildman–Crippen MR) is 105 cm³/mol. The van der Waals surface area contributed by atoms with Gasteiger partial charge in [0.2, 0.25) is 6.29 Å². The molecule has 0 saturated heterocycles. The quantitative estimate of drug-likeness (QED) is 0.858. The van der Waals surface area contributed by atoms with E-state index in [-0.39, 0.29) is 12.0 Å². The molecule has 6 nitrogen and oxygen atoms in total. The number of amidine groups is 1. The normalized spacial score (nSPS) is 29.4. The monoisotopic (exact) mass is 368 g/mol. The van der Waals surface area contributed by atoms with Gasteiger partial charge in [-0.1, -0.05) is 51.1 Å². The molecule has 1 unspecified atom stereocenters. The van der Waals surface area contributed by atoms with Gasteiger partial charge in [0, 0.05) is 17.3 Å². The number of hydrogen-bond donors (Lipinski definition) is 2. The Morgan fingerprint density at radius 2 is 2.04 bits per heavy atom. The van der Waals surface area contributed by atoms with Crippen LogP contribution in [0.25, 0.3) is 0 Å². The van der Waals surface area contributed by atoms with Gasteiger partial charge in [-0.3, -0.25) is 10.2 Å². The topological polar surface area (TPSA) is 66.0 Å². The first-order valence-electron chi connectivity index (χ1n) is 9.71. The van der Waals surface area contributed by atoms with Gasteiger partial charge < -0.3 is 10.1 Å². The van der Waals surface area contributed by atoms with E-state index in [2.05, 4.69) is 36.5 Å². The number of nitrogens with one attached hydrogen (secondary N) is 2. The summed E-state index contributed by atoms with van der Waals surface area (Å²) in [7, 11) is 0. The Morgan fingerprint density at radius 3 is 2.78 bits per heavy atom. The predicted octanol–water partition coefficient (Wildman–Crippen LogP) is 2.78. The number of ether oxygens (including phenoxy) is 1. The molecular weight excluding hydrogens is 340 g/mol. The van der Waals surface area contributed by atoms with Crippen LogP contribution in [0, 0.1) is 11.3 Å². The van der Waals surface area contributed by atoms with Gasteiger partial charge in [0.1, 0.15) is 0 Å². The number of amides is 1. The zero-order valence-corrected chi connectivity index (χ0v) is 16.2. The second kappa shape index (κ2) is 7.00. The highest BCUT2D eigenvalue weighted by atomic mass is 16.5. The van der Waals surface area contributed by atoms with Gasteiger partial charge in [0.05, 0.1) is 12.7 Å². The molecule has 144 valence electrons. The van der Waals surface area contributed by atoms with Crippen molar-refractivity contribution < 1.29 is 9.53 Å². The van der Waals surface area contributed by atoms with Crippen LogP contribution in [0.3, 0.4) is 0 Å². The number of aliphatic imine (C=N–C) groups is 1. The maximum Gasteiger partial charge on any atom is 0.270 e. The van der Waals surface area contributed by atoms with E-state index in [1.54, 1.807) is 6.08 Å². The summed E-state index contributed by atoms with van der Waals surface area (Å²) in [6.45, 7) is 7.33. The molecule has 1 aromatic rings. The third kappa shape index (κ3) is 4.00. The van der Waals surface area contributed by atoms with E-state index in [1.807, 2.05) is 30.3 Å². The van der Waals surface area contributed by atoms with E-state index in [0.29, 0.717) is 23.8 Å². The fourth-order valence-corrected chi connectivity index (χ4v) is 4.49. The number of carbonyl (C=O) groups is 1. The molecule has 4 rings (SSSR count). The first kappa shape index (κ1) is 18.0. The van der Waals surface area contributed by atoms with Gasteiger partial charge in [-0.25, -0.2) is 10.0 Å². The number of benzene rings is 1. The summed E-state index contributed by atoms with van der Waals surface area (Å²) < 4.78 is 6.17. The molecular formula is C21H28N4O2. The van der Waals surface area contributed by atoms with E-state index in [4.69, 9.17) is 4.74 Å². The van der Waals surface area contributed by atoms with Crippen LogP contribution in [0.2, 0.25) is 0 Å². The SMILES string of the molecule is C[C@@H]1C[C@H](OCC2=CC(=O)N3NC(c4ccccc4)=NC3N2)CC(C)(C)C1. The fraction of sp³-hybridized carbons (Fsp3) is 0.524. The van der Waals surface area contributed by atoms with E-state index in [9.17, 15) is 4.79 Å². The zero-order chi connectivity index (χ0) is 19.0. The zero-order valence-electron chi connectivity index (χ0n) is 16.2. The molecule has 1 aliphatic carbocycles.